The van der Waals surface area contributed by atoms with Crippen LogP contribution in [0.3, 0.4) is 0 Å². The first-order chi connectivity index (χ1) is 7.92. The van der Waals surface area contributed by atoms with Gasteiger partial charge in [-0.3, -0.25) is 0 Å². The zero-order valence-corrected chi connectivity index (χ0v) is 12.1. The van der Waals surface area contributed by atoms with E-state index in [-0.39, 0.29) is 0 Å². The van der Waals surface area contributed by atoms with Gasteiger partial charge in [0.2, 0.25) is 0 Å². The lowest BCUT2D eigenvalue weighted by molar-refractivity contribution is 0.531. The van der Waals surface area contributed by atoms with E-state index in [0.717, 1.165) is 11.8 Å². The van der Waals surface area contributed by atoms with Crippen LogP contribution in [0.2, 0.25) is 0 Å². The highest BCUT2D eigenvalue weighted by Crippen LogP contribution is 2.34. The molecule has 0 saturated carbocycles. The molecule has 0 aliphatic carbocycles. The van der Waals surface area contributed by atoms with Crippen LogP contribution in [0.5, 0.6) is 0 Å². The zero-order valence-electron chi connectivity index (χ0n) is 9.65. The quantitative estimate of drug-likeness (QED) is 0.880. The first-order valence-electron chi connectivity index (χ1n) is 5.86. The maximum atomic E-state index is 3.71. The van der Waals surface area contributed by atoms with Crippen LogP contribution >= 0.6 is 34.9 Å². The Bertz CT molecular complexity index is 280. The van der Waals surface area contributed by atoms with Crippen molar-refractivity contribution in [2.75, 3.05) is 23.8 Å². The van der Waals surface area contributed by atoms with E-state index in [2.05, 4.69) is 52.6 Å². The molecule has 1 saturated heterocycles. The Hall–Kier alpha value is 0.360. The SMILES string of the molecule is CCCNC(c1ccsc1)C1CSCCS1. The molecule has 0 bridgehead atoms. The lowest BCUT2D eigenvalue weighted by Gasteiger charge is -2.30. The molecule has 2 unspecified atom stereocenters. The second-order valence-electron chi connectivity index (χ2n) is 3.97. The van der Waals surface area contributed by atoms with Crippen molar-refractivity contribution in [3.63, 3.8) is 0 Å². The third-order valence-electron chi connectivity index (χ3n) is 2.73. The van der Waals surface area contributed by atoms with Crippen molar-refractivity contribution >= 4 is 34.9 Å². The molecule has 0 aromatic carbocycles. The second kappa shape index (κ2) is 6.94. The number of nitrogens with one attached hydrogen (secondary N) is 1. The normalized spacial score (nSPS) is 23.2. The van der Waals surface area contributed by atoms with Crippen LogP contribution in [0, 0.1) is 0 Å². The molecule has 1 N–H and O–H groups in total. The Labute approximate surface area is 111 Å². The van der Waals surface area contributed by atoms with Crippen LogP contribution in [0.4, 0.5) is 0 Å². The maximum Gasteiger partial charge on any atom is 0.0456 e. The summed E-state index contributed by atoms with van der Waals surface area (Å²) in [6, 6.07) is 2.83. The van der Waals surface area contributed by atoms with Crippen molar-refractivity contribution in [1.29, 1.82) is 0 Å². The highest BCUT2D eigenvalue weighted by Gasteiger charge is 2.25. The van der Waals surface area contributed by atoms with Crippen LogP contribution in [0.25, 0.3) is 0 Å². The minimum Gasteiger partial charge on any atom is -0.309 e. The van der Waals surface area contributed by atoms with E-state index in [1.165, 1.54) is 29.2 Å². The summed E-state index contributed by atoms with van der Waals surface area (Å²) in [5, 5.41) is 8.95. The number of rotatable bonds is 5. The monoisotopic (exact) mass is 273 g/mol. The van der Waals surface area contributed by atoms with E-state index in [9.17, 15) is 0 Å². The molecule has 1 aromatic heterocycles. The number of hydrogen-bond acceptors (Lipinski definition) is 4. The zero-order chi connectivity index (χ0) is 11.2. The maximum absolute atomic E-state index is 3.71. The fourth-order valence-electron chi connectivity index (χ4n) is 1.91. The Kier molecular flexibility index (Phi) is 5.56. The van der Waals surface area contributed by atoms with Crippen LogP contribution in [0.1, 0.15) is 24.9 Å². The van der Waals surface area contributed by atoms with Crippen molar-refractivity contribution in [2.45, 2.75) is 24.6 Å². The van der Waals surface area contributed by atoms with E-state index in [1.54, 1.807) is 0 Å². The van der Waals surface area contributed by atoms with Gasteiger partial charge in [-0.05, 0) is 35.4 Å². The number of thiophene rings is 1. The topological polar surface area (TPSA) is 12.0 Å². The third-order valence-corrected chi connectivity index (χ3v) is 6.30. The van der Waals surface area contributed by atoms with Crippen LogP contribution in [0.15, 0.2) is 16.8 Å². The summed E-state index contributed by atoms with van der Waals surface area (Å²) in [6.07, 6.45) is 1.21. The fraction of sp³-hybridized carbons (Fsp3) is 0.667. The number of hydrogen-bond donors (Lipinski definition) is 1. The van der Waals surface area contributed by atoms with Crippen LogP contribution < -0.4 is 5.32 Å². The summed E-state index contributed by atoms with van der Waals surface area (Å²) in [5.41, 5.74) is 1.48. The fourth-order valence-corrected chi connectivity index (χ4v) is 5.48. The van der Waals surface area contributed by atoms with Crippen molar-refractivity contribution in [2.24, 2.45) is 0 Å². The predicted molar refractivity (Wildman–Crippen MR) is 78.9 cm³/mol. The van der Waals surface area contributed by atoms with E-state index in [0.29, 0.717) is 6.04 Å². The van der Waals surface area contributed by atoms with Crippen molar-refractivity contribution in [3.05, 3.63) is 22.4 Å². The summed E-state index contributed by atoms with van der Waals surface area (Å²) in [4.78, 5) is 0. The molecule has 0 radical (unpaired) electrons. The van der Waals surface area contributed by atoms with Gasteiger partial charge in [0.25, 0.3) is 0 Å². The van der Waals surface area contributed by atoms with Gasteiger partial charge >= 0.3 is 0 Å². The average molecular weight is 273 g/mol. The Balaban J connectivity index is 2.01. The number of thioether (sulfide) groups is 2. The molecule has 1 aliphatic heterocycles. The van der Waals surface area contributed by atoms with E-state index in [4.69, 9.17) is 0 Å². The Morgan fingerprint density at radius 3 is 3.06 bits per heavy atom. The van der Waals surface area contributed by atoms with Gasteiger partial charge in [-0.25, -0.2) is 0 Å². The summed E-state index contributed by atoms with van der Waals surface area (Å²) < 4.78 is 0. The molecule has 1 fully saturated rings. The van der Waals surface area contributed by atoms with E-state index >= 15 is 0 Å². The Morgan fingerprint density at radius 2 is 2.44 bits per heavy atom. The molecular weight excluding hydrogens is 254 g/mol. The van der Waals surface area contributed by atoms with E-state index in [1.807, 2.05) is 11.3 Å². The van der Waals surface area contributed by atoms with Gasteiger partial charge < -0.3 is 5.32 Å². The molecular formula is C12H19NS3. The average Bonchev–Trinajstić information content (AvgIpc) is 2.85. The van der Waals surface area contributed by atoms with Gasteiger partial charge in [-0.2, -0.15) is 34.9 Å². The van der Waals surface area contributed by atoms with Gasteiger partial charge in [0.05, 0.1) is 0 Å². The summed E-state index contributed by atoms with van der Waals surface area (Å²) in [6.45, 7) is 3.36. The highest BCUT2D eigenvalue weighted by molar-refractivity contribution is 8.06. The molecule has 2 atom stereocenters. The van der Waals surface area contributed by atoms with E-state index < -0.39 is 0 Å². The molecule has 90 valence electrons. The highest BCUT2D eigenvalue weighted by atomic mass is 32.2. The lowest BCUT2D eigenvalue weighted by atomic mass is 10.1. The van der Waals surface area contributed by atoms with Gasteiger partial charge in [-0.15, -0.1) is 0 Å². The molecule has 0 amide bonds. The summed E-state index contributed by atoms with van der Waals surface area (Å²) in [7, 11) is 0. The van der Waals surface area contributed by atoms with Crippen molar-refractivity contribution < 1.29 is 0 Å². The van der Waals surface area contributed by atoms with Gasteiger partial charge in [0.1, 0.15) is 0 Å². The predicted octanol–water partition coefficient (Wildman–Crippen LogP) is 3.64. The third kappa shape index (κ3) is 3.42. The van der Waals surface area contributed by atoms with Gasteiger partial charge in [0, 0.05) is 28.6 Å². The van der Waals surface area contributed by atoms with Gasteiger partial charge in [0.15, 0.2) is 0 Å². The largest absolute Gasteiger partial charge is 0.309 e. The smallest absolute Gasteiger partial charge is 0.0456 e. The lowest BCUT2D eigenvalue weighted by Crippen LogP contribution is -2.33. The molecule has 2 heterocycles. The van der Waals surface area contributed by atoms with Gasteiger partial charge in [-0.1, -0.05) is 6.92 Å². The van der Waals surface area contributed by atoms with Crippen LogP contribution in [-0.2, 0) is 0 Å². The Morgan fingerprint density at radius 1 is 1.50 bits per heavy atom. The summed E-state index contributed by atoms with van der Waals surface area (Å²) in [5.74, 6) is 3.93. The standard InChI is InChI=1S/C12H19NS3/c1-2-4-13-12(10-3-5-14-8-10)11-9-15-6-7-16-11/h3,5,8,11-13H,2,4,6-7,9H2,1H3. The molecule has 1 aliphatic rings. The molecule has 1 nitrogen and oxygen atoms in total. The molecule has 16 heavy (non-hydrogen) atoms. The van der Waals surface area contributed by atoms with Crippen molar-refractivity contribution in [1.82, 2.24) is 5.32 Å². The second-order valence-corrected chi connectivity index (χ2v) is 7.25. The molecule has 0 spiro atoms. The molecule has 1 aromatic rings. The molecule has 4 heteroatoms. The van der Waals surface area contributed by atoms with Crippen molar-refractivity contribution in [3.8, 4) is 0 Å². The first kappa shape index (κ1) is 12.8. The summed E-state index contributed by atoms with van der Waals surface area (Å²) >= 11 is 6.06. The minimum atomic E-state index is 0.559. The minimum absolute atomic E-state index is 0.559. The van der Waals surface area contributed by atoms with Crippen LogP contribution in [-0.4, -0.2) is 29.1 Å². The molecule has 2 rings (SSSR count). The first-order valence-corrected chi connectivity index (χ1v) is 9.01.